The molecule has 0 saturated carbocycles. The average molecular weight is 673 g/mol. The summed E-state index contributed by atoms with van der Waals surface area (Å²) in [4.78, 5) is 15.7. The number of aryl methyl sites for hydroxylation is 1. The van der Waals surface area contributed by atoms with Crippen molar-refractivity contribution in [2.75, 3.05) is 111 Å². The fourth-order valence-corrected chi connectivity index (χ4v) is 5.19. The Hall–Kier alpha value is -2.27. The molecule has 1 aromatic carbocycles. The van der Waals surface area contributed by atoms with Gasteiger partial charge in [0.25, 0.3) is 0 Å². The lowest BCUT2D eigenvalue weighted by Crippen LogP contribution is -2.52. The predicted molar refractivity (Wildman–Crippen MR) is 206 cm³/mol. The average Bonchev–Trinajstić information content (AvgIpc) is 3.05. The molecule has 1 aromatic heterocycles. The van der Waals surface area contributed by atoms with Gasteiger partial charge in [-0.15, -0.1) is 0 Å². The number of ether oxygens (including phenoxy) is 2. The van der Waals surface area contributed by atoms with Gasteiger partial charge in [0.15, 0.2) is 0 Å². The van der Waals surface area contributed by atoms with E-state index in [0.29, 0.717) is 18.6 Å². The first-order valence-electron chi connectivity index (χ1n) is 18.0. The number of aliphatic hydroxyl groups is 1. The molecular formula is C39H72N6O3. The Morgan fingerprint density at radius 1 is 0.875 bits per heavy atom. The van der Waals surface area contributed by atoms with Crippen molar-refractivity contribution >= 4 is 11.4 Å². The summed E-state index contributed by atoms with van der Waals surface area (Å²) in [5.74, 6) is 0.558. The second kappa shape index (κ2) is 23.2. The van der Waals surface area contributed by atoms with Crippen LogP contribution in [0.1, 0.15) is 72.1 Å². The van der Waals surface area contributed by atoms with E-state index < -0.39 is 5.60 Å². The molecular weight excluding hydrogens is 600 g/mol. The SMILES string of the molecule is CC(C)c1ccc(N2CCOC(C(C)(C)O)C2)cc1.CCCN(C)C.CCN(C)C.CCc1ccc(N2CCOCC2CN(C)C)cn1. The predicted octanol–water partition coefficient (Wildman–Crippen LogP) is 5.72. The zero-order valence-electron chi connectivity index (χ0n) is 33.0. The quantitative estimate of drug-likeness (QED) is 0.341. The number of hydrogen-bond acceptors (Lipinski definition) is 9. The van der Waals surface area contributed by atoms with Crippen molar-refractivity contribution in [3.63, 3.8) is 0 Å². The second-order valence-electron chi connectivity index (χ2n) is 14.5. The topological polar surface area (TPSA) is 67.8 Å². The fraction of sp³-hybridized carbons (Fsp3) is 0.718. The lowest BCUT2D eigenvalue weighted by atomic mass is 9.99. The van der Waals surface area contributed by atoms with Crippen molar-refractivity contribution in [1.82, 2.24) is 19.7 Å². The van der Waals surface area contributed by atoms with Gasteiger partial charge in [0.2, 0.25) is 0 Å². The molecule has 2 saturated heterocycles. The van der Waals surface area contributed by atoms with Crippen LogP contribution in [0.4, 0.5) is 11.4 Å². The van der Waals surface area contributed by atoms with E-state index >= 15 is 0 Å². The van der Waals surface area contributed by atoms with Gasteiger partial charge in [-0.3, -0.25) is 4.98 Å². The minimum Gasteiger partial charge on any atom is -0.388 e. The summed E-state index contributed by atoms with van der Waals surface area (Å²) in [6.07, 6.45) is 4.11. The van der Waals surface area contributed by atoms with Crippen LogP contribution >= 0.6 is 0 Å². The monoisotopic (exact) mass is 673 g/mol. The summed E-state index contributed by atoms with van der Waals surface area (Å²) in [6, 6.07) is 13.4. The maximum absolute atomic E-state index is 10.1. The number of morpholine rings is 2. The van der Waals surface area contributed by atoms with Crippen molar-refractivity contribution in [3.8, 4) is 0 Å². The van der Waals surface area contributed by atoms with Gasteiger partial charge < -0.3 is 39.1 Å². The maximum atomic E-state index is 10.1. The Kier molecular flexibility index (Phi) is 21.1. The van der Waals surface area contributed by atoms with E-state index in [4.69, 9.17) is 9.47 Å². The molecule has 0 amide bonds. The summed E-state index contributed by atoms with van der Waals surface area (Å²) in [5.41, 5.74) is 4.13. The number of hydrogen-bond donors (Lipinski definition) is 1. The van der Waals surface area contributed by atoms with Crippen LogP contribution in [0.3, 0.4) is 0 Å². The molecule has 48 heavy (non-hydrogen) atoms. The molecule has 0 radical (unpaired) electrons. The number of anilines is 2. The zero-order chi connectivity index (χ0) is 36.3. The summed E-state index contributed by atoms with van der Waals surface area (Å²) in [6.45, 7) is 22.7. The third kappa shape index (κ3) is 17.4. The molecule has 0 aliphatic carbocycles. The molecule has 4 rings (SSSR count). The third-order valence-electron chi connectivity index (χ3n) is 8.39. The Balaban J connectivity index is 0.000000368. The van der Waals surface area contributed by atoms with Gasteiger partial charge in [-0.1, -0.05) is 46.8 Å². The highest BCUT2D eigenvalue weighted by Crippen LogP contribution is 2.25. The summed E-state index contributed by atoms with van der Waals surface area (Å²) in [5, 5.41) is 10.1. The smallest absolute Gasteiger partial charge is 0.103 e. The molecule has 276 valence electrons. The van der Waals surface area contributed by atoms with Crippen LogP contribution in [0.2, 0.25) is 0 Å². The van der Waals surface area contributed by atoms with Crippen LogP contribution in [0.5, 0.6) is 0 Å². The first kappa shape index (κ1) is 43.8. The third-order valence-corrected chi connectivity index (χ3v) is 8.39. The Morgan fingerprint density at radius 2 is 1.50 bits per heavy atom. The first-order chi connectivity index (χ1) is 22.6. The van der Waals surface area contributed by atoms with Crippen LogP contribution in [0.15, 0.2) is 42.6 Å². The summed E-state index contributed by atoms with van der Waals surface area (Å²) < 4.78 is 11.3. The largest absolute Gasteiger partial charge is 0.388 e. The first-order valence-corrected chi connectivity index (χ1v) is 18.0. The Morgan fingerprint density at radius 3 is 1.94 bits per heavy atom. The number of nitrogens with zero attached hydrogens (tertiary/aromatic N) is 6. The van der Waals surface area contributed by atoms with Crippen molar-refractivity contribution in [1.29, 1.82) is 0 Å². The van der Waals surface area contributed by atoms with Gasteiger partial charge >= 0.3 is 0 Å². The van der Waals surface area contributed by atoms with Gasteiger partial charge in [0.05, 0.1) is 43.3 Å². The minimum absolute atomic E-state index is 0.133. The minimum atomic E-state index is -0.795. The van der Waals surface area contributed by atoms with E-state index in [2.05, 4.69) is 143 Å². The van der Waals surface area contributed by atoms with Crippen LogP contribution in [-0.2, 0) is 15.9 Å². The number of benzene rings is 1. The van der Waals surface area contributed by atoms with Gasteiger partial charge in [0, 0.05) is 37.6 Å². The summed E-state index contributed by atoms with van der Waals surface area (Å²) >= 11 is 0. The molecule has 2 unspecified atom stereocenters. The van der Waals surface area contributed by atoms with E-state index in [0.717, 1.165) is 58.1 Å². The molecule has 1 N–H and O–H groups in total. The van der Waals surface area contributed by atoms with E-state index in [1.807, 2.05) is 20.0 Å². The molecule has 2 atom stereocenters. The summed E-state index contributed by atoms with van der Waals surface area (Å²) in [7, 11) is 12.5. The molecule has 9 nitrogen and oxygen atoms in total. The number of rotatable bonds is 10. The van der Waals surface area contributed by atoms with Gasteiger partial charge in [0.1, 0.15) is 6.10 Å². The van der Waals surface area contributed by atoms with E-state index in [-0.39, 0.29) is 6.10 Å². The van der Waals surface area contributed by atoms with Gasteiger partial charge in [-0.2, -0.15) is 0 Å². The zero-order valence-corrected chi connectivity index (χ0v) is 33.0. The van der Waals surface area contributed by atoms with Gasteiger partial charge in [-0.25, -0.2) is 0 Å². The second-order valence-corrected chi connectivity index (χ2v) is 14.5. The highest BCUT2D eigenvalue weighted by molar-refractivity contribution is 5.49. The van der Waals surface area contributed by atoms with Crippen LogP contribution in [0.25, 0.3) is 0 Å². The van der Waals surface area contributed by atoms with Gasteiger partial charge in [-0.05, 0) is 118 Å². The normalized spacial score (nSPS) is 18.2. The van der Waals surface area contributed by atoms with E-state index in [1.54, 1.807) is 0 Å². The van der Waals surface area contributed by atoms with Crippen LogP contribution in [0, 0.1) is 0 Å². The van der Waals surface area contributed by atoms with Crippen molar-refractivity contribution < 1.29 is 14.6 Å². The molecule has 2 aromatic rings. The molecule has 2 fully saturated rings. The lowest BCUT2D eigenvalue weighted by Gasteiger charge is -2.39. The number of likely N-dealkylation sites (N-methyl/N-ethyl adjacent to an activating group) is 1. The molecule has 2 aliphatic rings. The van der Waals surface area contributed by atoms with Crippen LogP contribution < -0.4 is 9.80 Å². The highest BCUT2D eigenvalue weighted by Gasteiger charge is 2.32. The lowest BCUT2D eigenvalue weighted by molar-refractivity contribution is -0.0927. The highest BCUT2D eigenvalue weighted by atomic mass is 16.5. The Labute approximate surface area is 295 Å². The molecule has 2 aliphatic heterocycles. The molecule has 0 bridgehead atoms. The van der Waals surface area contributed by atoms with Crippen molar-refractivity contribution in [3.05, 3.63) is 53.9 Å². The fourth-order valence-electron chi connectivity index (χ4n) is 5.19. The van der Waals surface area contributed by atoms with E-state index in [9.17, 15) is 5.11 Å². The maximum Gasteiger partial charge on any atom is 0.103 e. The number of aromatic nitrogens is 1. The van der Waals surface area contributed by atoms with Crippen molar-refractivity contribution in [2.45, 2.75) is 85.0 Å². The van der Waals surface area contributed by atoms with E-state index in [1.165, 1.54) is 29.9 Å². The Bertz CT molecular complexity index is 1070. The standard InChI is InChI=1S/C16H25NO2.C14H23N3O.C5H13N.C4H11N/c1-12(2)13-5-7-14(8-6-13)17-9-10-19-15(11-17)16(3,4)18;1-4-12-5-6-13(9-15-12)17-7-8-18-11-14(17)10-16(2)3;1-4-5-6(2)3;1-4-5(2)3/h5-8,12,15,18H,9-11H2,1-4H3;5-6,9,14H,4,7-8,10-11H2,1-3H3;4-5H2,1-3H3;4H2,1-3H3. The van der Waals surface area contributed by atoms with Crippen LogP contribution in [-0.4, -0.2) is 144 Å². The molecule has 3 heterocycles. The molecule has 9 heteroatoms. The molecule has 0 spiro atoms. The number of pyridine rings is 1. The van der Waals surface area contributed by atoms with Crippen molar-refractivity contribution in [2.24, 2.45) is 0 Å².